The molecule has 0 aliphatic heterocycles. The van der Waals surface area contributed by atoms with Crippen LogP contribution in [-0.2, 0) is 0 Å². The molecule has 5 nitrogen and oxygen atoms in total. The molecular weight excluding hydrogens is 234 g/mol. The first-order valence-electron chi connectivity index (χ1n) is 5.45. The average molecular weight is 253 g/mol. The van der Waals surface area contributed by atoms with Gasteiger partial charge in [-0.05, 0) is 33.5 Å². The molecule has 0 atom stereocenters. The molecule has 94 valence electrons. The van der Waals surface area contributed by atoms with Crippen LogP contribution in [0.1, 0.15) is 16.8 Å². The van der Waals surface area contributed by atoms with Crippen molar-refractivity contribution < 1.29 is 0 Å². The molecule has 1 aromatic heterocycles. The van der Waals surface area contributed by atoms with E-state index in [4.69, 9.17) is 18.0 Å². The number of nitrogens with one attached hydrogen (secondary N) is 1. The molecule has 0 fully saturated rings. The monoisotopic (exact) mass is 253 g/mol. The van der Waals surface area contributed by atoms with E-state index in [-0.39, 0.29) is 0 Å². The maximum atomic E-state index is 5.73. The third-order valence-corrected chi connectivity index (χ3v) is 2.76. The lowest BCUT2D eigenvalue weighted by molar-refractivity contribution is 0.425. The number of hydrogen-bond donors (Lipinski definition) is 2. The molecule has 0 aliphatic carbocycles. The molecule has 0 saturated heterocycles. The Balaban J connectivity index is 2.91. The van der Waals surface area contributed by atoms with E-state index in [9.17, 15) is 0 Å². The van der Waals surface area contributed by atoms with Crippen molar-refractivity contribution in [2.45, 2.75) is 13.8 Å². The van der Waals surface area contributed by atoms with Crippen molar-refractivity contribution in [2.24, 2.45) is 5.73 Å². The fourth-order valence-corrected chi connectivity index (χ4v) is 1.68. The summed E-state index contributed by atoms with van der Waals surface area (Å²) in [7, 11) is 4.03. The third-order valence-electron chi connectivity index (χ3n) is 2.55. The molecule has 0 aromatic carbocycles. The Hall–Kier alpha value is -1.27. The minimum Gasteiger partial charge on any atom is -0.389 e. The number of nitrogens with zero attached hydrogens (tertiary/aromatic N) is 3. The largest absolute Gasteiger partial charge is 0.389 e. The smallest absolute Gasteiger partial charge is 0.159 e. The Labute approximate surface area is 107 Å². The summed E-state index contributed by atoms with van der Waals surface area (Å²) in [5, 5.41) is 11.4. The van der Waals surface area contributed by atoms with Gasteiger partial charge in [-0.25, -0.2) is 0 Å². The highest BCUT2D eigenvalue weighted by molar-refractivity contribution is 7.80. The minimum atomic E-state index is 0.354. The van der Waals surface area contributed by atoms with Crippen LogP contribution in [0.25, 0.3) is 0 Å². The van der Waals surface area contributed by atoms with Gasteiger partial charge in [-0.1, -0.05) is 12.2 Å². The molecule has 0 unspecified atom stereocenters. The molecular formula is C11H19N5S. The first kappa shape index (κ1) is 13.8. The lowest BCUT2D eigenvalue weighted by Crippen LogP contribution is -2.24. The number of aromatic nitrogens is 2. The Morgan fingerprint density at radius 2 is 2.00 bits per heavy atom. The molecule has 0 saturated carbocycles. The summed E-state index contributed by atoms with van der Waals surface area (Å²) in [5.74, 6) is 0.669. The van der Waals surface area contributed by atoms with Crippen LogP contribution in [0.3, 0.4) is 0 Å². The predicted octanol–water partition coefficient (Wildman–Crippen LogP) is 0.701. The molecule has 1 heterocycles. The van der Waals surface area contributed by atoms with Crippen molar-refractivity contribution in [3.8, 4) is 0 Å². The van der Waals surface area contributed by atoms with E-state index in [1.54, 1.807) is 0 Å². The number of anilines is 1. The van der Waals surface area contributed by atoms with Gasteiger partial charge >= 0.3 is 0 Å². The maximum Gasteiger partial charge on any atom is 0.159 e. The lowest BCUT2D eigenvalue weighted by atomic mass is 10.1. The van der Waals surface area contributed by atoms with Crippen molar-refractivity contribution in [1.82, 2.24) is 15.1 Å². The van der Waals surface area contributed by atoms with Crippen LogP contribution in [0.2, 0.25) is 0 Å². The van der Waals surface area contributed by atoms with Crippen molar-refractivity contribution >= 4 is 23.0 Å². The summed E-state index contributed by atoms with van der Waals surface area (Å²) in [6.07, 6.45) is 0. The van der Waals surface area contributed by atoms with E-state index in [0.29, 0.717) is 10.8 Å². The maximum absolute atomic E-state index is 5.73. The highest BCUT2D eigenvalue weighted by atomic mass is 32.1. The summed E-state index contributed by atoms with van der Waals surface area (Å²) in [5.41, 5.74) is 8.37. The van der Waals surface area contributed by atoms with Crippen LogP contribution in [0, 0.1) is 13.8 Å². The molecule has 0 radical (unpaired) electrons. The normalized spacial score (nSPS) is 10.6. The molecule has 0 spiro atoms. The molecule has 17 heavy (non-hydrogen) atoms. The highest BCUT2D eigenvalue weighted by Gasteiger charge is 2.12. The number of nitrogens with two attached hydrogens (primary N) is 1. The van der Waals surface area contributed by atoms with Crippen LogP contribution in [0.5, 0.6) is 0 Å². The quantitative estimate of drug-likeness (QED) is 0.753. The van der Waals surface area contributed by atoms with Crippen molar-refractivity contribution in [3.05, 3.63) is 16.8 Å². The van der Waals surface area contributed by atoms with Gasteiger partial charge in [-0.2, -0.15) is 5.10 Å². The van der Waals surface area contributed by atoms with E-state index in [1.165, 1.54) is 0 Å². The van der Waals surface area contributed by atoms with Gasteiger partial charge in [-0.15, -0.1) is 5.10 Å². The Kier molecular flexibility index (Phi) is 4.77. The second-order valence-electron chi connectivity index (χ2n) is 4.23. The molecule has 0 bridgehead atoms. The van der Waals surface area contributed by atoms with Gasteiger partial charge in [0.1, 0.15) is 4.99 Å². The number of thiocarbonyl (C=S) groups is 1. The zero-order chi connectivity index (χ0) is 13.0. The highest BCUT2D eigenvalue weighted by Crippen LogP contribution is 2.17. The third kappa shape index (κ3) is 3.61. The first-order chi connectivity index (χ1) is 7.93. The Bertz CT molecular complexity index is 417. The number of aryl methyl sites for hydroxylation is 1. The Morgan fingerprint density at radius 1 is 1.35 bits per heavy atom. The van der Waals surface area contributed by atoms with E-state index >= 15 is 0 Å². The Morgan fingerprint density at radius 3 is 2.53 bits per heavy atom. The second-order valence-corrected chi connectivity index (χ2v) is 4.67. The van der Waals surface area contributed by atoms with Gasteiger partial charge < -0.3 is 16.0 Å². The van der Waals surface area contributed by atoms with Crippen molar-refractivity contribution in [2.75, 3.05) is 32.5 Å². The van der Waals surface area contributed by atoms with E-state index in [1.807, 2.05) is 27.9 Å². The predicted molar refractivity (Wildman–Crippen MR) is 74.4 cm³/mol. The van der Waals surface area contributed by atoms with E-state index in [0.717, 1.165) is 29.9 Å². The number of rotatable bonds is 5. The molecule has 1 rings (SSSR count). The van der Waals surface area contributed by atoms with Crippen molar-refractivity contribution in [1.29, 1.82) is 0 Å². The fraction of sp³-hybridized carbons (Fsp3) is 0.545. The fourth-order valence-electron chi connectivity index (χ4n) is 1.43. The molecule has 6 heteroatoms. The lowest BCUT2D eigenvalue weighted by Gasteiger charge is -2.14. The average Bonchev–Trinajstić information content (AvgIpc) is 2.22. The summed E-state index contributed by atoms with van der Waals surface area (Å²) in [6, 6.07) is 0. The van der Waals surface area contributed by atoms with Crippen LogP contribution in [-0.4, -0.2) is 47.3 Å². The standard InChI is InChI=1S/C11H19N5S/c1-7-8(2)14-15-11(9(7)10(12)17)13-5-6-16(3)4/h5-6H2,1-4H3,(H2,12,17)(H,13,15). The summed E-state index contributed by atoms with van der Waals surface area (Å²) in [6.45, 7) is 5.54. The number of likely N-dealkylation sites (N-methyl/N-ethyl adjacent to an activating group) is 1. The van der Waals surface area contributed by atoms with Gasteiger partial charge in [0, 0.05) is 13.1 Å². The second kappa shape index (κ2) is 5.88. The summed E-state index contributed by atoms with van der Waals surface area (Å²) < 4.78 is 0. The minimum absolute atomic E-state index is 0.354. The van der Waals surface area contributed by atoms with Crippen LogP contribution < -0.4 is 11.1 Å². The topological polar surface area (TPSA) is 67.1 Å². The van der Waals surface area contributed by atoms with E-state index < -0.39 is 0 Å². The van der Waals surface area contributed by atoms with Crippen LogP contribution >= 0.6 is 12.2 Å². The number of hydrogen-bond acceptors (Lipinski definition) is 5. The zero-order valence-electron chi connectivity index (χ0n) is 10.7. The van der Waals surface area contributed by atoms with Crippen molar-refractivity contribution in [3.63, 3.8) is 0 Å². The molecule has 0 amide bonds. The van der Waals surface area contributed by atoms with Gasteiger partial charge in [-0.3, -0.25) is 0 Å². The SMILES string of the molecule is Cc1nnc(NCCN(C)C)c(C(N)=S)c1C. The summed E-state index contributed by atoms with van der Waals surface area (Å²) >= 11 is 5.06. The summed E-state index contributed by atoms with van der Waals surface area (Å²) in [4.78, 5) is 2.44. The zero-order valence-corrected chi connectivity index (χ0v) is 11.6. The van der Waals surface area contributed by atoms with Gasteiger partial charge in [0.05, 0.1) is 11.3 Å². The molecule has 0 aliphatic rings. The molecule has 3 N–H and O–H groups in total. The van der Waals surface area contributed by atoms with Crippen LogP contribution in [0.4, 0.5) is 5.82 Å². The first-order valence-corrected chi connectivity index (χ1v) is 5.86. The van der Waals surface area contributed by atoms with E-state index in [2.05, 4.69) is 20.4 Å². The molecule has 1 aromatic rings. The van der Waals surface area contributed by atoms with Crippen LogP contribution in [0.15, 0.2) is 0 Å². The van der Waals surface area contributed by atoms with Gasteiger partial charge in [0.2, 0.25) is 0 Å². The van der Waals surface area contributed by atoms with Gasteiger partial charge in [0.25, 0.3) is 0 Å². The van der Waals surface area contributed by atoms with Gasteiger partial charge in [0.15, 0.2) is 5.82 Å².